The number of nitrogen functional groups attached to an aromatic ring is 1. The number of carboxylic acid groups (broad SMARTS) is 1. The van der Waals surface area contributed by atoms with Gasteiger partial charge in [0, 0.05) is 16.9 Å². The average molecular weight is 543 g/mol. The molecule has 0 aromatic carbocycles. The minimum Gasteiger partial charge on any atom is -0.477 e. The van der Waals surface area contributed by atoms with Gasteiger partial charge < -0.3 is 21.1 Å². The molecule has 2 aromatic heterocycles. The number of β-lactam (4-membered cyclic amide) rings is 1. The molecule has 0 spiro atoms. The van der Waals surface area contributed by atoms with Gasteiger partial charge in [0.1, 0.15) is 34.9 Å². The van der Waals surface area contributed by atoms with Crippen molar-refractivity contribution >= 4 is 69.7 Å². The summed E-state index contributed by atoms with van der Waals surface area (Å²) in [5.74, 6) is 4.03. The fraction of sp³-hybridized carbons (Fsp3) is 0.353. The first-order valence-electron chi connectivity index (χ1n) is 9.48. The van der Waals surface area contributed by atoms with E-state index >= 15 is 0 Å². The number of rotatable bonds is 8. The summed E-state index contributed by atoms with van der Waals surface area (Å²) in [6.07, 6.45) is 0. The number of hydrogen-bond acceptors (Lipinski definition) is 13. The minimum absolute atomic E-state index is 0.00865. The van der Waals surface area contributed by atoms with Gasteiger partial charge in [-0.15, -0.1) is 33.3 Å². The van der Waals surface area contributed by atoms with Crippen molar-refractivity contribution in [2.75, 3.05) is 24.5 Å². The van der Waals surface area contributed by atoms with Crippen LogP contribution < -0.4 is 16.0 Å². The quantitative estimate of drug-likeness (QED) is 0.114. The number of nitrogens with two attached hydrogens (primary N) is 1. The number of carbonyl (C=O) groups is 3. The van der Waals surface area contributed by atoms with Crippen LogP contribution in [0.4, 0.5) is 0 Å². The monoisotopic (exact) mass is 542 g/mol. The lowest BCUT2D eigenvalue weighted by atomic mass is 10.0. The van der Waals surface area contributed by atoms with E-state index in [-0.39, 0.29) is 21.9 Å². The third-order valence-electron chi connectivity index (χ3n) is 4.81. The number of amides is 2. The van der Waals surface area contributed by atoms with Gasteiger partial charge in [0.05, 0.1) is 0 Å². The van der Waals surface area contributed by atoms with E-state index in [1.807, 2.05) is 6.92 Å². The summed E-state index contributed by atoms with van der Waals surface area (Å²) in [4.78, 5) is 43.7. The molecule has 2 aromatic rings. The smallest absolute Gasteiger partial charge is 0.352 e. The molecule has 1 saturated heterocycles. The molecule has 5 N–H and O–H groups in total. The van der Waals surface area contributed by atoms with Crippen LogP contribution in [0.5, 0.6) is 0 Å². The van der Waals surface area contributed by atoms with Crippen molar-refractivity contribution in [3.8, 4) is 0 Å². The molecule has 4 rings (SSSR count). The molecule has 2 atom stereocenters. The molecule has 4 heterocycles. The Bertz CT molecular complexity index is 1280. The van der Waals surface area contributed by atoms with Gasteiger partial charge in [0.25, 0.3) is 11.8 Å². The molecule has 180 valence electrons. The van der Waals surface area contributed by atoms with Crippen molar-refractivity contribution in [1.29, 1.82) is 5.41 Å². The first-order valence-corrected chi connectivity index (χ1v) is 13.2. The normalized spacial score (nSPS) is 20.1. The summed E-state index contributed by atoms with van der Waals surface area (Å²) in [5.41, 5.74) is 0.462. The number of thiazole rings is 1. The Morgan fingerprint density at radius 1 is 1.47 bits per heavy atom. The van der Waals surface area contributed by atoms with Gasteiger partial charge in [-0.1, -0.05) is 28.3 Å². The number of nitrogens with one attached hydrogen (secondary N) is 2. The van der Waals surface area contributed by atoms with Gasteiger partial charge in [0.2, 0.25) is 4.80 Å². The Labute approximate surface area is 208 Å². The number of thioether (sulfide) groups is 2. The Morgan fingerprint density at radius 3 is 2.82 bits per heavy atom. The zero-order chi connectivity index (χ0) is 24.6. The highest BCUT2D eigenvalue weighted by Crippen LogP contribution is 2.41. The van der Waals surface area contributed by atoms with Crippen LogP contribution in [-0.4, -0.2) is 78.4 Å². The summed E-state index contributed by atoms with van der Waals surface area (Å²) in [7, 11) is 1.25. The van der Waals surface area contributed by atoms with Crippen LogP contribution in [0.3, 0.4) is 0 Å². The fourth-order valence-electron chi connectivity index (χ4n) is 3.29. The van der Waals surface area contributed by atoms with Gasteiger partial charge in [0.15, 0.2) is 10.1 Å². The molecule has 0 bridgehead atoms. The molecule has 2 amide bonds. The number of aromatic nitrogens is 3. The molecule has 13 nitrogen and oxygen atoms in total. The lowest BCUT2D eigenvalue weighted by Gasteiger charge is -2.49. The van der Waals surface area contributed by atoms with Crippen LogP contribution in [-0.2, 0) is 19.2 Å². The van der Waals surface area contributed by atoms with Crippen LogP contribution in [0, 0.1) is 12.3 Å². The highest BCUT2D eigenvalue weighted by Gasteiger charge is 2.54. The zero-order valence-electron chi connectivity index (χ0n) is 17.7. The second-order valence-corrected chi connectivity index (χ2v) is 11.3. The van der Waals surface area contributed by atoms with Gasteiger partial charge in [-0.05, 0) is 12.5 Å². The maximum Gasteiger partial charge on any atom is 0.352 e. The predicted molar refractivity (Wildman–Crippen MR) is 127 cm³/mol. The molecule has 0 unspecified atom stereocenters. The first kappa shape index (κ1) is 24.2. The fourth-order valence-corrected chi connectivity index (χ4v) is 7.25. The van der Waals surface area contributed by atoms with Crippen molar-refractivity contribution in [2.24, 2.45) is 5.16 Å². The van der Waals surface area contributed by atoms with E-state index in [1.165, 1.54) is 52.3 Å². The van der Waals surface area contributed by atoms with Crippen LogP contribution in [0.15, 0.2) is 26.1 Å². The van der Waals surface area contributed by atoms with Gasteiger partial charge in [-0.25, -0.2) is 9.47 Å². The van der Waals surface area contributed by atoms with Crippen molar-refractivity contribution < 1.29 is 24.3 Å². The average Bonchev–Trinajstić information content (AvgIpc) is 3.38. The molecule has 17 heteroatoms. The van der Waals surface area contributed by atoms with Crippen molar-refractivity contribution in [2.45, 2.75) is 22.7 Å². The molecule has 34 heavy (non-hydrogen) atoms. The SMILES string of the molecule is CON=C(C(=O)N[C@@H]1C(=O)N2C(C(=O)O)=C(CSc3nnc(C)s3)CS[C@@H]12)c1csc(=N)n1N. The predicted octanol–water partition coefficient (Wildman–Crippen LogP) is -0.216. The second kappa shape index (κ2) is 9.77. The third-order valence-corrected chi connectivity index (χ3v) is 8.97. The van der Waals surface area contributed by atoms with Crippen LogP contribution in [0.2, 0.25) is 0 Å². The van der Waals surface area contributed by atoms with Gasteiger partial charge in [-0.2, -0.15) is 0 Å². The molecular weight excluding hydrogens is 525 g/mol. The number of carboxylic acids is 1. The lowest BCUT2D eigenvalue weighted by molar-refractivity contribution is -0.150. The van der Waals surface area contributed by atoms with E-state index in [2.05, 4.69) is 20.7 Å². The summed E-state index contributed by atoms with van der Waals surface area (Å²) < 4.78 is 1.69. The van der Waals surface area contributed by atoms with E-state index in [0.29, 0.717) is 21.4 Å². The standard InChI is InChI=1S/C17H18N8O5S4/c1-6-21-22-17(34-6)33-4-7-3-31-14-10(13(27)24(14)11(7)15(28)29)20-12(26)9(23-30-2)8-5-32-16(18)25(8)19/h5,10,14,18H,3-4,19H2,1-2H3,(H,20,26)(H,28,29)/t10-,14+/m1/s1. The number of carbonyl (C=O) groups excluding carboxylic acids is 2. The number of aryl methyl sites for hydroxylation is 1. The summed E-state index contributed by atoms with van der Waals surface area (Å²) >= 11 is 5.13. The molecule has 2 aliphatic rings. The highest BCUT2D eigenvalue weighted by atomic mass is 32.2. The van der Waals surface area contributed by atoms with Crippen LogP contribution in [0.25, 0.3) is 0 Å². The number of aliphatic carboxylic acids is 1. The van der Waals surface area contributed by atoms with Gasteiger partial charge in [-0.3, -0.25) is 19.9 Å². The van der Waals surface area contributed by atoms with Crippen molar-refractivity contribution in [3.63, 3.8) is 0 Å². The van der Waals surface area contributed by atoms with Crippen LogP contribution in [0.1, 0.15) is 10.7 Å². The number of oxime groups is 1. The number of hydrogen-bond donors (Lipinski definition) is 4. The Morgan fingerprint density at radius 2 is 2.24 bits per heavy atom. The van der Waals surface area contributed by atoms with E-state index in [0.717, 1.165) is 21.0 Å². The molecule has 1 fully saturated rings. The van der Waals surface area contributed by atoms with Crippen molar-refractivity contribution in [1.82, 2.24) is 25.1 Å². The van der Waals surface area contributed by atoms with Crippen LogP contribution >= 0.6 is 46.2 Å². The number of fused-ring (bicyclic) bond motifs is 1. The lowest BCUT2D eigenvalue weighted by Crippen LogP contribution is -2.71. The first-order chi connectivity index (χ1) is 16.2. The minimum atomic E-state index is -1.21. The summed E-state index contributed by atoms with van der Waals surface area (Å²) in [6.45, 7) is 1.83. The summed E-state index contributed by atoms with van der Waals surface area (Å²) in [6, 6.07) is -0.950. The second-order valence-electron chi connectivity index (χ2n) is 6.91. The molecule has 2 aliphatic heterocycles. The maximum atomic E-state index is 12.9. The summed E-state index contributed by atoms with van der Waals surface area (Å²) in [5, 5.41) is 33.5. The Kier molecular flexibility index (Phi) is 6.96. The maximum absolute atomic E-state index is 12.9. The van der Waals surface area contributed by atoms with E-state index in [1.54, 1.807) is 0 Å². The van der Waals surface area contributed by atoms with Gasteiger partial charge >= 0.3 is 5.97 Å². The molecule has 0 radical (unpaired) electrons. The largest absolute Gasteiger partial charge is 0.477 e. The van der Waals surface area contributed by atoms with E-state index < -0.39 is 29.2 Å². The number of nitrogens with zero attached hydrogens (tertiary/aromatic N) is 5. The topological polar surface area (TPSA) is 189 Å². The molecule has 0 saturated carbocycles. The third kappa shape index (κ3) is 4.42. The molecule has 0 aliphatic carbocycles. The van der Waals surface area contributed by atoms with E-state index in [9.17, 15) is 19.5 Å². The Hall–Kier alpha value is -2.89. The zero-order valence-corrected chi connectivity index (χ0v) is 20.9. The van der Waals surface area contributed by atoms with Crippen molar-refractivity contribution in [3.05, 3.63) is 32.2 Å². The highest BCUT2D eigenvalue weighted by molar-refractivity contribution is 8.01. The Balaban J connectivity index is 1.51. The molecular formula is C17H18N8O5S4. The van der Waals surface area contributed by atoms with E-state index in [4.69, 9.17) is 16.1 Å².